The van der Waals surface area contributed by atoms with Gasteiger partial charge in [0.25, 0.3) is 5.91 Å². The number of nitrogens with zero attached hydrogens (tertiary/aromatic N) is 2. The van der Waals surface area contributed by atoms with Gasteiger partial charge in [-0.2, -0.15) is 0 Å². The van der Waals surface area contributed by atoms with E-state index < -0.39 is 0 Å². The van der Waals surface area contributed by atoms with Crippen LogP contribution >= 0.6 is 15.9 Å². The predicted molar refractivity (Wildman–Crippen MR) is 85.7 cm³/mol. The van der Waals surface area contributed by atoms with E-state index in [0.29, 0.717) is 17.2 Å². The molecular weight excluding hydrogens is 318 g/mol. The van der Waals surface area contributed by atoms with Gasteiger partial charge in [-0.3, -0.25) is 9.69 Å². The van der Waals surface area contributed by atoms with E-state index in [1.165, 1.54) is 0 Å². The third kappa shape index (κ3) is 3.73. The number of hydrogen-bond acceptors (Lipinski definition) is 3. The quantitative estimate of drug-likeness (QED) is 0.860. The highest BCUT2D eigenvalue weighted by Crippen LogP contribution is 2.22. The minimum absolute atomic E-state index is 0.0633. The second kappa shape index (κ2) is 6.59. The summed E-state index contributed by atoms with van der Waals surface area (Å²) in [6.07, 6.45) is 0. The van der Waals surface area contributed by atoms with Crippen molar-refractivity contribution >= 4 is 27.5 Å². The van der Waals surface area contributed by atoms with Crippen molar-refractivity contribution in [3.05, 3.63) is 28.2 Å². The van der Waals surface area contributed by atoms with E-state index in [1.807, 2.05) is 11.0 Å². The molecule has 0 aliphatic carbocycles. The van der Waals surface area contributed by atoms with Crippen molar-refractivity contribution in [3.63, 3.8) is 0 Å². The molecule has 0 radical (unpaired) electrons. The fraction of sp³-hybridized carbons (Fsp3) is 0.533. The van der Waals surface area contributed by atoms with E-state index in [9.17, 15) is 4.79 Å². The molecule has 1 aliphatic heterocycles. The lowest BCUT2D eigenvalue weighted by Crippen LogP contribution is -2.49. The van der Waals surface area contributed by atoms with E-state index in [4.69, 9.17) is 5.73 Å². The van der Waals surface area contributed by atoms with Gasteiger partial charge in [0.05, 0.1) is 5.56 Å². The van der Waals surface area contributed by atoms with Crippen molar-refractivity contribution in [3.8, 4) is 0 Å². The summed E-state index contributed by atoms with van der Waals surface area (Å²) >= 11 is 3.43. The van der Waals surface area contributed by atoms with Crippen LogP contribution in [0.15, 0.2) is 22.7 Å². The average molecular weight is 340 g/mol. The number of halogens is 1. The smallest absolute Gasteiger partial charge is 0.255 e. The van der Waals surface area contributed by atoms with Gasteiger partial charge < -0.3 is 10.6 Å². The largest absolute Gasteiger partial charge is 0.399 e. The first-order chi connectivity index (χ1) is 9.47. The summed E-state index contributed by atoms with van der Waals surface area (Å²) in [7, 11) is 0. The number of nitrogen functional groups attached to an aromatic ring is 1. The normalized spacial score (nSPS) is 16.7. The highest BCUT2D eigenvalue weighted by Gasteiger charge is 2.23. The first-order valence-electron chi connectivity index (χ1n) is 7.04. The Hall–Kier alpha value is -1.07. The number of piperazine rings is 1. The van der Waals surface area contributed by atoms with Crippen LogP contribution in [0, 0.1) is 5.92 Å². The van der Waals surface area contributed by atoms with Crippen molar-refractivity contribution in [2.45, 2.75) is 13.8 Å². The molecule has 4 nitrogen and oxygen atoms in total. The number of rotatable bonds is 3. The molecule has 2 rings (SSSR count). The molecule has 1 amide bonds. The molecule has 0 unspecified atom stereocenters. The van der Waals surface area contributed by atoms with Gasteiger partial charge in [0.15, 0.2) is 0 Å². The molecular formula is C15H22BrN3O. The van der Waals surface area contributed by atoms with Gasteiger partial charge in [0.1, 0.15) is 0 Å². The van der Waals surface area contributed by atoms with Crippen LogP contribution in [0.3, 0.4) is 0 Å². The van der Waals surface area contributed by atoms with E-state index >= 15 is 0 Å². The molecule has 0 saturated carbocycles. The maximum atomic E-state index is 12.5. The molecule has 1 fully saturated rings. The molecule has 1 heterocycles. The topological polar surface area (TPSA) is 49.6 Å². The van der Waals surface area contributed by atoms with Gasteiger partial charge in [0, 0.05) is 42.9 Å². The summed E-state index contributed by atoms with van der Waals surface area (Å²) < 4.78 is 0.807. The Balaban J connectivity index is 2.00. The third-order valence-corrected chi connectivity index (χ3v) is 4.20. The second-order valence-electron chi connectivity index (χ2n) is 5.73. The van der Waals surface area contributed by atoms with Crippen LogP contribution in [0.25, 0.3) is 0 Å². The first kappa shape index (κ1) is 15.3. The van der Waals surface area contributed by atoms with Crippen LogP contribution in [-0.4, -0.2) is 48.4 Å². The van der Waals surface area contributed by atoms with E-state index in [-0.39, 0.29) is 5.91 Å². The molecule has 2 N–H and O–H groups in total. The molecule has 110 valence electrons. The lowest BCUT2D eigenvalue weighted by Gasteiger charge is -2.35. The summed E-state index contributed by atoms with van der Waals surface area (Å²) in [4.78, 5) is 16.9. The van der Waals surface area contributed by atoms with E-state index in [0.717, 1.165) is 37.2 Å². The van der Waals surface area contributed by atoms with Crippen LogP contribution in [0.2, 0.25) is 0 Å². The number of nitrogens with two attached hydrogens (primary N) is 1. The maximum absolute atomic E-state index is 12.5. The highest BCUT2D eigenvalue weighted by molar-refractivity contribution is 9.10. The first-order valence-corrected chi connectivity index (χ1v) is 7.83. The van der Waals surface area contributed by atoms with Crippen LogP contribution in [-0.2, 0) is 0 Å². The number of anilines is 1. The fourth-order valence-electron chi connectivity index (χ4n) is 2.53. The van der Waals surface area contributed by atoms with Crippen molar-refractivity contribution in [1.29, 1.82) is 0 Å². The monoisotopic (exact) mass is 339 g/mol. The Bertz CT molecular complexity index is 482. The Labute approximate surface area is 129 Å². The van der Waals surface area contributed by atoms with Gasteiger partial charge in [-0.1, -0.05) is 13.8 Å². The second-order valence-corrected chi connectivity index (χ2v) is 6.58. The summed E-state index contributed by atoms with van der Waals surface area (Å²) in [5.74, 6) is 0.730. The number of hydrogen-bond donors (Lipinski definition) is 1. The van der Waals surface area contributed by atoms with Gasteiger partial charge in [-0.25, -0.2) is 0 Å². The molecule has 1 aromatic carbocycles. The Morgan fingerprint density at radius 2 is 1.95 bits per heavy atom. The maximum Gasteiger partial charge on any atom is 0.255 e. The van der Waals surface area contributed by atoms with Crippen LogP contribution < -0.4 is 5.73 Å². The lowest BCUT2D eigenvalue weighted by atomic mass is 10.1. The Morgan fingerprint density at radius 1 is 1.30 bits per heavy atom. The number of amides is 1. The van der Waals surface area contributed by atoms with Crippen LogP contribution in [0.4, 0.5) is 5.69 Å². The SMILES string of the molecule is CC(C)CN1CCN(C(=O)c2cc(N)ccc2Br)CC1. The van der Waals surface area contributed by atoms with Crippen molar-refractivity contribution in [2.75, 3.05) is 38.5 Å². The molecule has 1 saturated heterocycles. The van der Waals surface area contributed by atoms with Crippen molar-refractivity contribution in [2.24, 2.45) is 5.92 Å². The zero-order chi connectivity index (χ0) is 14.7. The number of carbonyl (C=O) groups is 1. The van der Waals surface area contributed by atoms with Crippen LogP contribution in [0.5, 0.6) is 0 Å². The zero-order valence-corrected chi connectivity index (χ0v) is 13.7. The lowest BCUT2D eigenvalue weighted by molar-refractivity contribution is 0.0623. The molecule has 0 bridgehead atoms. The summed E-state index contributed by atoms with van der Waals surface area (Å²) in [6.45, 7) is 9.01. The number of benzene rings is 1. The van der Waals surface area contributed by atoms with Crippen molar-refractivity contribution in [1.82, 2.24) is 9.80 Å². The Morgan fingerprint density at radius 3 is 2.55 bits per heavy atom. The van der Waals surface area contributed by atoms with Crippen molar-refractivity contribution < 1.29 is 4.79 Å². The third-order valence-electron chi connectivity index (χ3n) is 3.50. The van der Waals surface area contributed by atoms with Gasteiger partial charge in [-0.05, 0) is 40.0 Å². The zero-order valence-electron chi connectivity index (χ0n) is 12.1. The summed E-state index contributed by atoms with van der Waals surface area (Å²) in [5, 5.41) is 0. The fourth-order valence-corrected chi connectivity index (χ4v) is 2.94. The molecule has 1 aromatic rings. The number of carbonyl (C=O) groups excluding carboxylic acids is 1. The van der Waals surface area contributed by atoms with Gasteiger partial charge in [-0.15, -0.1) is 0 Å². The molecule has 0 spiro atoms. The average Bonchev–Trinajstić information content (AvgIpc) is 2.41. The van der Waals surface area contributed by atoms with Gasteiger partial charge in [0.2, 0.25) is 0 Å². The molecule has 1 aliphatic rings. The van der Waals surface area contributed by atoms with Crippen LogP contribution in [0.1, 0.15) is 24.2 Å². The predicted octanol–water partition coefficient (Wildman–Crippen LogP) is 2.45. The van der Waals surface area contributed by atoms with E-state index in [1.54, 1.807) is 12.1 Å². The molecule has 20 heavy (non-hydrogen) atoms. The molecule has 0 atom stereocenters. The standard InChI is InChI=1S/C15H22BrN3O/c1-11(2)10-18-5-7-19(8-6-18)15(20)13-9-12(17)3-4-14(13)16/h3-4,9,11H,5-8,10,17H2,1-2H3. The Kier molecular flexibility index (Phi) is 5.05. The summed E-state index contributed by atoms with van der Waals surface area (Å²) in [6, 6.07) is 5.37. The highest BCUT2D eigenvalue weighted by atomic mass is 79.9. The molecule has 0 aromatic heterocycles. The summed E-state index contributed by atoms with van der Waals surface area (Å²) in [5.41, 5.74) is 7.05. The minimum atomic E-state index is 0.0633. The molecule has 5 heteroatoms. The van der Waals surface area contributed by atoms with E-state index in [2.05, 4.69) is 34.7 Å². The minimum Gasteiger partial charge on any atom is -0.399 e. The van der Waals surface area contributed by atoms with Gasteiger partial charge >= 0.3 is 0 Å².